The zero-order valence-corrected chi connectivity index (χ0v) is 15.8. The van der Waals surface area contributed by atoms with Gasteiger partial charge in [0.1, 0.15) is 0 Å². The van der Waals surface area contributed by atoms with E-state index in [0.29, 0.717) is 17.1 Å². The molecule has 0 aliphatic heterocycles. The van der Waals surface area contributed by atoms with Crippen molar-refractivity contribution in [3.63, 3.8) is 0 Å². The second kappa shape index (κ2) is 7.56. The van der Waals surface area contributed by atoms with Crippen LogP contribution in [0.4, 0.5) is 5.69 Å². The predicted molar refractivity (Wildman–Crippen MR) is 115 cm³/mol. The molecular weight excluding hydrogens is 376 g/mol. The summed E-state index contributed by atoms with van der Waals surface area (Å²) in [7, 11) is 0. The van der Waals surface area contributed by atoms with Gasteiger partial charge in [0.15, 0.2) is 0 Å². The molecule has 30 heavy (non-hydrogen) atoms. The lowest BCUT2D eigenvalue weighted by molar-refractivity contribution is 0.102. The molecule has 2 heterocycles. The van der Waals surface area contributed by atoms with Crippen molar-refractivity contribution >= 4 is 22.5 Å². The topological polar surface area (TPSA) is 96.5 Å². The van der Waals surface area contributed by atoms with E-state index >= 15 is 0 Å². The molecule has 0 aliphatic rings. The Kier molecular flexibility index (Phi) is 4.46. The smallest absolute Gasteiger partial charge is 0.255 e. The molecule has 0 saturated carbocycles. The number of nitrogens with one attached hydrogen (secondary N) is 2. The Hall–Kier alpha value is -4.39. The largest absolute Gasteiger partial charge is 0.322 e. The Labute approximate surface area is 171 Å². The van der Waals surface area contributed by atoms with E-state index in [1.165, 1.54) is 0 Å². The molecule has 0 radical (unpaired) electrons. The van der Waals surface area contributed by atoms with Gasteiger partial charge in [0.25, 0.3) is 5.91 Å². The Morgan fingerprint density at radius 2 is 1.60 bits per heavy atom. The van der Waals surface area contributed by atoms with Gasteiger partial charge in [-0.2, -0.15) is 5.21 Å². The highest BCUT2D eigenvalue weighted by atomic mass is 16.1. The van der Waals surface area contributed by atoms with Gasteiger partial charge in [-0.05, 0) is 53.2 Å². The average Bonchev–Trinajstić information content (AvgIpc) is 3.34. The van der Waals surface area contributed by atoms with Crippen LogP contribution in [0.15, 0.2) is 85.1 Å². The molecule has 0 aliphatic carbocycles. The molecule has 5 rings (SSSR count). The van der Waals surface area contributed by atoms with Crippen LogP contribution < -0.4 is 5.32 Å². The third-order valence-corrected chi connectivity index (χ3v) is 4.84. The zero-order valence-electron chi connectivity index (χ0n) is 15.8. The first-order chi connectivity index (χ1) is 14.8. The van der Waals surface area contributed by atoms with E-state index in [1.54, 1.807) is 18.3 Å². The summed E-state index contributed by atoms with van der Waals surface area (Å²) in [6.07, 6.45) is 1.79. The monoisotopic (exact) mass is 392 g/mol. The van der Waals surface area contributed by atoms with Gasteiger partial charge in [-0.3, -0.25) is 9.78 Å². The lowest BCUT2D eigenvalue weighted by Crippen LogP contribution is -2.11. The third-order valence-electron chi connectivity index (χ3n) is 4.84. The summed E-state index contributed by atoms with van der Waals surface area (Å²) in [6.45, 7) is 0. The van der Waals surface area contributed by atoms with Gasteiger partial charge in [-0.15, -0.1) is 10.2 Å². The van der Waals surface area contributed by atoms with Crippen LogP contribution in [-0.4, -0.2) is 31.5 Å². The number of amides is 1. The van der Waals surface area contributed by atoms with Crippen LogP contribution >= 0.6 is 0 Å². The summed E-state index contributed by atoms with van der Waals surface area (Å²) >= 11 is 0. The fourth-order valence-corrected chi connectivity index (χ4v) is 3.33. The van der Waals surface area contributed by atoms with Crippen LogP contribution in [0.2, 0.25) is 0 Å². The van der Waals surface area contributed by atoms with Crippen molar-refractivity contribution in [2.45, 2.75) is 0 Å². The number of anilines is 1. The van der Waals surface area contributed by atoms with Gasteiger partial charge in [-0.1, -0.05) is 36.4 Å². The molecule has 7 heteroatoms. The van der Waals surface area contributed by atoms with Crippen LogP contribution in [0.1, 0.15) is 10.4 Å². The second-order valence-electron chi connectivity index (χ2n) is 6.72. The summed E-state index contributed by atoms with van der Waals surface area (Å²) in [5.74, 6) is 0.330. The fourth-order valence-electron chi connectivity index (χ4n) is 3.33. The van der Waals surface area contributed by atoms with Crippen LogP contribution in [-0.2, 0) is 0 Å². The molecule has 1 amide bonds. The van der Waals surface area contributed by atoms with E-state index in [0.717, 1.165) is 27.6 Å². The molecule has 3 aromatic carbocycles. The van der Waals surface area contributed by atoms with Crippen molar-refractivity contribution in [2.24, 2.45) is 0 Å². The van der Waals surface area contributed by atoms with Crippen LogP contribution in [0, 0.1) is 0 Å². The van der Waals surface area contributed by atoms with Gasteiger partial charge in [0, 0.05) is 34.0 Å². The summed E-state index contributed by atoms with van der Waals surface area (Å²) in [4.78, 5) is 17.1. The van der Waals surface area contributed by atoms with Crippen molar-refractivity contribution < 1.29 is 4.79 Å². The molecule has 0 spiro atoms. The molecule has 0 bridgehead atoms. The van der Waals surface area contributed by atoms with Crippen molar-refractivity contribution in [2.75, 3.05) is 5.32 Å². The fraction of sp³-hybridized carbons (Fsp3) is 0. The van der Waals surface area contributed by atoms with Gasteiger partial charge >= 0.3 is 0 Å². The Bertz CT molecular complexity index is 1310. The molecule has 5 aromatic rings. The minimum atomic E-state index is -0.176. The Morgan fingerprint density at radius 3 is 2.37 bits per heavy atom. The summed E-state index contributed by atoms with van der Waals surface area (Å²) in [5.41, 5.74) is 5.08. The zero-order chi connectivity index (χ0) is 20.3. The molecule has 144 valence electrons. The van der Waals surface area contributed by atoms with Gasteiger partial charge in [0.05, 0.1) is 5.52 Å². The summed E-state index contributed by atoms with van der Waals surface area (Å²) in [5, 5.41) is 17.8. The quantitative estimate of drug-likeness (QED) is 0.474. The minimum Gasteiger partial charge on any atom is -0.322 e. The highest BCUT2D eigenvalue weighted by molar-refractivity contribution is 6.05. The SMILES string of the molecule is O=C(Nc1ccc(-c2nn[nH]n2)cc1)c1ccc(-c2cccc3cccnc23)cc1. The molecular formula is C23H16N6O. The first-order valence-electron chi connectivity index (χ1n) is 9.37. The number of carbonyl (C=O) groups is 1. The van der Waals surface area contributed by atoms with E-state index in [4.69, 9.17) is 0 Å². The van der Waals surface area contributed by atoms with Crippen molar-refractivity contribution in [3.05, 3.63) is 90.6 Å². The number of nitrogens with zero attached hydrogens (tertiary/aromatic N) is 4. The van der Waals surface area contributed by atoms with Gasteiger partial charge < -0.3 is 5.32 Å². The number of aromatic nitrogens is 5. The maximum Gasteiger partial charge on any atom is 0.255 e. The number of rotatable bonds is 4. The molecule has 7 nitrogen and oxygen atoms in total. The van der Waals surface area contributed by atoms with E-state index in [9.17, 15) is 4.79 Å². The molecule has 0 unspecified atom stereocenters. The number of aromatic amines is 1. The van der Waals surface area contributed by atoms with Crippen molar-refractivity contribution in [1.29, 1.82) is 0 Å². The maximum atomic E-state index is 12.6. The molecule has 0 saturated heterocycles. The Morgan fingerprint density at radius 1 is 0.833 bits per heavy atom. The molecule has 2 N–H and O–H groups in total. The lowest BCUT2D eigenvalue weighted by atomic mass is 10.0. The van der Waals surface area contributed by atoms with Gasteiger partial charge in [0.2, 0.25) is 5.82 Å². The number of para-hydroxylation sites is 1. The number of carbonyl (C=O) groups excluding carboxylic acids is 1. The second-order valence-corrected chi connectivity index (χ2v) is 6.72. The van der Waals surface area contributed by atoms with E-state index in [-0.39, 0.29) is 5.91 Å². The Balaban J connectivity index is 1.34. The van der Waals surface area contributed by atoms with Crippen molar-refractivity contribution in [3.8, 4) is 22.5 Å². The first kappa shape index (κ1) is 17.7. The number of hydrogen-bond donors (Lipinski definition) is 2. The molecule has 2 aromatic heterocycles. The average molecular weight is 392 g/mol. The van der Waals surface area contributed by atoms with Crippen LogP contribution in [0.5, 0.6) is 0 Å². The number of hydrogen-bond acceptors (Lipinski definition) is 5. The number of benzene rings is 3. The standard InChI is InChI=1S/C23H16N6O/c30-23(25-19-12-10-17(11-13-19)22-26-28-29-27-22)18-8-6-15(7-9-18)20-5-1-3-16-4-2-14-24-21(16)20/h1-14H,(H,25,30)(H,26,27,28,29). The summed E-state index contributed by atoms with van der Waals surface area (Å²) in [6, 6.07) is 24.8. The lowest BCUT2D eigenvalue weighted by Gasteiger charge is -2.08. The summed E-state index contributed by atoms with van der Waals surface area (Å²) < 4.78 is 0. The van der Waals surface area contributed by atoms with Crippen molar-refractivity contribution in [1.82, 2.24) is 25.6 Å². The normalized spacial score (nSPS) is 10.8. The molecule has 0 fully saturated rings. The van der Waals surface area contributed by atoms with E-state index in [2.05, 4.69) is 30.9 Å². The minimum absolute atomic E-state index is 0.176. The van der Waals surface area contributed by atoms with Gasteiger partial charge in [-0.25, -0.2) is 0 Å². The number of pyridine rings is 1. The van der Waals surface area contributed by atoms with E-state index < -0.39 is 0 Å². The first-order valence-corrected chi connectivity index (χ1v) is 9.37. The highest BCUT2D eigenvalue weighted by Gasteiger charge is 2.09. The van der Waals surface area contributed by atoms with Crippen LogP contribution in [0.25, 0.3) is 33.4 Å². The highest BCUT2D eigenvalue weighted by Crippen LogP contribution is 2.27. The number of H-pyrrole nitrogens is 1. The van der Waals surface area contributed by atoms with Crippen LogP contribution in [0.3, 0.4) is 0 Å². The molecule has 0 atom stereocenters. The van der Waals surface area contributed by atoms with E-state index in [1.807, 2.05) is 66.7 Å². The number of tetrazole rings is 1. The third kappa shape index (κ3) is 3.40. The number of fused-ring (bicyclic) bond motifs is 1. The predicted octanol–water partition coefficient (Wildman–Crippen LogP) is 4.33. The maximum absolute atomic E-state index is 12.6.